The third-order valence-corrected chi connectivity index (χ3v) is 3.52. The van der Waals surface area contributed by atoms with Gasteiger partial charge in [-0.15, -0.1) is 0 Å². The average Bonchev–Trinajstić information content (AvgIpc) is 2.60. The zero-order chi connectivity index (χ0) is 17.4. The molecule has 2 aromatic rings. The van der Waals surface area contributed by atoms with Crippen LogP contribution in [0.25, 0.3) is 5.57 Å². The molecule has 4 heteroatoms. The second-order valence-corrected chi connectivity index (χ2v) is 5.62. The van der Waals surface area contributed by atoms with Crippen LogP contribution >= 0.6 is 0 Å². The van der Waals surface area contributed by atoms with Crippen molar-refractivity contribution in [3.05, 3.63) is 71.8 Å². The summed E-state index contributed by atoms with van der Waals surface area (Å²) in [7, 11) is 5.40. The Balaban J connectivity index is 2.21. The van der Waals surface area contributed by atoms with E-state index in [1.54, 1.807) is 0 Å². The number of rotatable bonds is 7. The first-order chi connectivity index (χ1) is 11.6. The molecule has 0 atom stereocenters. The summed E-state index contributed by atoms with van der Waals surface area (Å²) < 4.78 is 10.5. The Bertz CT molecular complexity index is 676. The molecule has 0 aliphatic heterocycles. The molecule has 0 aliphatic rings. The molecule has 4 nitrogen and oxygen atoms in total. The lowest BCUT2D eigenvalue weighted by atomic mass is 9.97. The van der Waals surface area contributed by atoms with E-state index >= 15 is 0 Å². The molecule has 0 saturated heterocycles. The molecule has 126 valence electrons. The van der Waals surface area contributed by atoms with Crippen LogP contribution in [0.1, 0.15) is 11.1 Å². The molecule has 24 heavy (non-hydrogen) atoms. The van der Waals surface area contributed by atoms with Gasteiger partial charge >= 0.3 is 5.97 Å². The quantitative estimate of drug-likeness (QED) is 0.579. The topological polar surface area (TPSA) is 38.8 Å². The number of nitrogens with zero attached hydrogens (tertiary/aromatic N) is 1. The zero-order valence-electron chi connectivity index (χ0n) is 14.4. The van der Waals surface area contributed by atoms with Crippen molar-refractivity contribution in [1.29, 1.82) is 0 Å². The molecular formula is C20H23NO3. The number of methoxy groups -OCH3 is 1. The van der Waals surface area contributed by atoms with Crippen LogP contribution in [0.3, 0.4) is 0 Å². The van der Waals surface area contributed by atoms with Gasteiger partial charge in [0.2, 0.25) is 0 Å². The molecule has 2 rings (SSSR count). The SMILES string of the molecule is COC(=O)/C=C(/c1ccccc1)c1ccc(OCCN(C)C)cc1. The Hall–Kier alpha value is -2.59. The third-order valence-electron chi connectivity index (χ3n) is 3.52. The fourth-order valence-electron chi connectivity index (χ4n) is 2.20. The van der Waals surface area contributed by atoms with E-state index in [2.05, 4.69) is 4.90 Å². The van der Waals surface area contributed by atoms with Gasteiger partial charge in [-0.2, -0.15) is 0 Å². The van der Waals surface area contributed by atoms with E-state index in [-0.39, 0.29) is 5.97 Å². The Kier molecular flexibility index (Phi) is 6.58. The largest absolute Gasteiger partial charge is 0.492 e. The summed E-state index contributed by atoms with van der Waals surface area (Å²) in [4.78, 5) is 13.8. The maximum Gasteiger partial charge on any atom is 0.331 e. The van der Waals surface area contributed by atoms with Gasteiger partial charge in [0.15, 0.2) is 0 Å². The first kappa shape index (κ1) is 17.8. The van der Waals surface area contributed by atoms with Gasteiger partial charge in [-0.3, -0.25) is 0 Å². The van der Waals surface area contributed by atoms with Gasteiger partial charge in [-0.25, -0.2) is 4.79 Å². The summed E-state index contributed by atoms with van der Waals surface area (Å²) in [6.45, 7) is 1.50. The molecule has 0 bridgehead atoms. The highest BCUT2D eigenvalue weighted by Gasteiger charge is 2.08. The maximum atomic E-state index is 11.7. The van der Waals surface area contributed by atoms with Crippen LogP contribution < -0.4 is 4.74 Å². The molecule has 0 saturated carbocycles. The lowest BCUT2D eigenvalue weighted by molar-refractivity contribution is -0.134. The third kappa shape index (κ3) is 5.25. The Morgan fingerprint density at radius 1 is 1.00 bits per heavy atom. The second kappa shape index (κ2) is 8.89. The minimum absolute atomic E-state index is 0.375. The molecule has 0 heterocycles. The highest BCUT2D eigenvalue weighted by molar-refractivity contribution is 5.96. The summed E-state index contributed by atoms with van der Waals surface area (Å²) in [5.41, 5.74) is 2.72. The number of esters is 1. The molecule has 2 aromatic carbocycles. The molecule has 0 unspecified atom stereocenters. The van der Waals surface area contributed by atoms with Gasteiger partial charge in [0.1, 0.15) is 12.4 Å². The summed E-state index contributed by atoms with van der Waals surface area (Å²) in [6, 6.07) is 17.5. The average molecular weight is 325 g/mol. The van der Waals surface area contributed by atoms with Crippen molar-refractivity contribution in [2.24, 2.45) is 0 Å². The fourth-order valence-corrected chi connectivity index (χ4v) is 2.20. The Morgan fingerprint density at radius 3 is 2.21 bits per heavy atom. The highest BCUT2D eigenvalue weighted by atomic mass is 16.5. The summed E-state index contributed by atoms with van der Waals surface area (Å²) in [6.07, 6.45) is 1.51. The number of likely N-dealkylation sites (N-methyl/N-ethyl adjacent to an activating group) is 1. The number of hydrogen-bond acceptors (Lipinski definition) is 4. The van der Waals surface area contributed by atoms with Crippen LogP contribution in [-0.2, 0) is 9.53 Å². The first-order valence-corrected chi connectivity index (χ1v) is 7.83. The lowest BCUT2D eigenvalue weighted by Gasteiger charge is -2.12. The highest BCUT2D eigenvalue weighted by Crippen LogP contribution is 2.25. The van der Waals surface area contributed by atoms with Gasteiger partial charge in [-0.05, 0) is 42.9 Å². The van der Waals surface area contributed by atoms with E-state index in [1.165, 1.54) is 13.2 Å². The second-order valence-electron chi connectivity index (χ2n) is 5.62. The smallest absolute Gasteiger partial charge is 0.331 e. The number of hydrogen-bond donors (Lipinski definition) is 0. The minimum atomic E-state index is -0.375. The van der Waals surface area contributed by atoms with Crippen molar-refractivity contribution in [2.45, 2.75) is 0 Å². The number of ether oxygens (including phenoxy) is 2. The van der Waals surface area contributed by atoms with E-state index in [4.69, 9.17) is 9.47 Å². The molecule has 0 radical (unpaired) electrons. The van der Waals surface area contributed by atoms with Crippen LogP contribution in [-0.4, -0.2) is 45.2 Å². The maximum absolute atomic E-state index is 11.7. The van der Waals surface area contributed by atoms with E-state index < -0.39 is 0 Å². The van der Waals surface area contributed by atoms with Crippen LogP contribution in [0.15, 0.2) is 60.7 Å². The van der Waals surface area contributed by atoms with Crippen molar-refractivity contribution in [3.8, 4) is 5.75 Å². The van der Waals surface area contributed by atoms with Crippen molar-refractivity contribution in [1.82, 2.24) is 4.90 Å². The Labute approximate surface area is 143 Å². The van der Waals surface area contributed by atoms with Crippen molar-refractivity contribution < 1.29 is 14.3 Å². The van der Waals surface area contributed by atoms with Crippen molar-refractivity contribution >= 4 is 11.5 Å². The minimum Gasteiger partial charge on any atom is -0.492 e. The van der Waals surface area contributed by atoms with E-state index in [0.717, 1.165) is 29.0 Å². The van der Waals surface area contributed by atoms with Crippen LogP contribution in [0.4, 0.5) is 0 Å². The van der Waals surface area contributed by atoms with E-state index in [0.29, 0.717) is 6.61 Å². The summed E-state index contributed by atoms with van der Waals surface area (Å²) in [5, 5.41) is 0. The standard InChI is InChI=1S/C20H23NO3/c1-21(2)13-14-24-18-11-9-17(10-12-18)19(15-20(22)23-3)16-7-5-4-6-8-16/h4-12,15H,13-14H2,1-3H3/b19-15-. The van der Waals surface area contributed by atoms with Crippen LogP contribution in [0.5, 0.6) is 5.75 Å². The van der Waals surface area contributed by atoms with E-state index in [1.807, 2.05) is 68.7 Å². The van der Waals surface area contributed by atoms with Crippen LogP contribution in [0.2, 0.25) is 0 Å². The van der Waals surface area contributed by atoms with Gasteiger partial charge in [0.25, 0.3) is 0 Å². The molecule has 0 fully saturated rings. The molecule has 0 amide bonds. The van der Waals surface area contributed by atoms with E-state index in [9.17, 15) is 4.79 Å². The molecule has 0 aliphatic carbocycles. The van der Waals surface area contributed by atoms with Gasteiger partial charge < -0.3 is 14.4 Å². The predicted molar refractivity (Wildman–Crippen MR) is 96.0 cm³/mol. The number of benzene rings is 2. The normalized spacial score (nSPS) is 11.4. The summed E-state index contributed by atoms with van der Waals surface area (Å²) in [5.74, 6) is 0.436. The van der Waals surface area contributed by atoms with Gasteiger partial charge in [-0.1, -0.05) is 42.5 Å². The molecular weight excluding hydrogens is 302 g/mol. The molecule has 0 spiro atoms. The molecule has 0 N–H and O–H groups in total. The first-order valence-electron chi connectivity index (χ1n) is 7.83. The molecule has 0 aromatic heterocycles. The fraction of sp³-hybridized carbons (Fsp3) is 0.250. The van der Waals surface area contributed by atoms with Crippen LogP contribution in [0, 0.1) is 0 Å². The number of carbonyl (C=O) groups is 1. The van der Waals surface area contributed by atoms with Gasteiger partial charge in [0, 0.05) is 12.6 Å². The summed E-state index contributed by atoms with van der Waals surface area (Å²) >= 11 is 0. The van der Waals surface area contributed by atoms with Crippen molar-refractivity contribution in [3.63, 3.8) is 0 Å². The monoisotopic (exact) mass is 325 g/mol. The Morgan fingerprint density at radius 2 is 1.62 bits per heavy atom. The lowest BCUT2D eigenvalue weighted by Crippen LogP contribution is -2.19. The zero-order valence-corrected chi connectivity index (χ0v) is 14.4. The number of carbonyl (C=O) groups excluding carboxylic acids is 1. The predicted octanol–water partition coefficient (Wildman–Crippen LogP) is 3.23. The van der Waals surface area contributed by atoms with Gasteiger partial charge in [0.05, 0.1) is 7.11 Å². The van der Waals surface area contributed by atoms with Crippen molar-refractivity contribution in [2.75, 3.05) is 34.4 Å².